The minimum absolute atomic E-state index is 0.132. The van der Waals surface area contributed by atoms with E-state index >= 15 is 0 Å². The van der Waals surface area contributed by atoms with Gasteiger partial charge in [-0.25, -0.2) is 5.43 Å². The number of carbonyl (C=O) groups is 1. The van der Waals surface area contributed by atoms with E-state index in [0.29, 0.717) is 16.5 Å². The number of carbonyl (C=O) groups excluding carboxylic acids is 1. The van der Waals surface area contributed by atoms with E-state index < -0.39 is 10.8 Å². The number of nitro benzene ring substituents is 1. The van der Waals surface area contributed by atoms with Crippen molar-refractivity contribution < 1.29 is 14.1 Å². The van der Waals surface area contributed by atoms with Crippen molar-refractivity contribution in [1.82, 2.24) is 5.43 Å². The third-order valence-electron chi connectivity index (χ3n) is 3.44. The number of hydrazone groups is 1. The summed E-state index contributed by atoms with van der Waals surface area (Å²) in [7, 11) is 0. The van der Waals surface area contributed by atoms with Gasteiger partial charge in [0.1, 0.15) is 11.5 Å². The highest BCUT2D eigenvalue weighted by atomic mass is 35.5. The second-order valence-electron chi connectivity index (χ2n) is 5.19. The second-order valence-corrected chi connectivity index (χ2v) is 5.60. The van der Waals surface area contributed by atoms with Gasteiger partial charge in [-0.15, -0.1) is 0 Å². The summed E-state index contributed by atoms with van der Waals surface area (Å²) < 4.78 is 5.61. The molecule has 0 unspecified atom stereocenters. The van der Waals surface area contributed by atoms with Crippen LogP contribution in [0.3, 0.4) is 0 Å². The Balaban J connectivity index is 1.68. The lowest BCUT2D eigenvalue weighted by Crippen LogP contribution is -2.17. The molecule has 3 aromatic rings. The van der Waals surface area contributed by atoms with E-state index in [9.17, 15) is 14.9 Å². The number of nitro groups is 1. The molecule has 0 spiro atoms. The number of halogens is 1. The van der Waals surface area contributed by atoms with Crippen LogP contribution in [0.15, 0.2) is 70.2 Å². The molecule has 3 rings (SSSR count). The van der Waals surface area contributed by atoms with Crippen LogP contribution in [0.25, 0.3) is 11.3 Å². The Morgan fingerprint density at radius 1 is 1.15 bits per heavy atom. The van der Waals surface area contributed by atoms with Gasteiger partial charge in [0, 0.05) is 23.3 Å². The molecule has 0 aliphatic heterocycles. The summed E-state index contributed by atoms with van der Waals surface area (Å²) in [5.41, 5.74) is 3.00. The SMILES string of the molecule is O=C(N/N=C\c1ccc(-c2ccccc2Cl)o1)c1cccc([N+](=O)[O-])c1. The quantitative estimate of drug-likeness (QED) is 0.412. The molecule has 8 heteroatoms. The molecular weight excluding hydrogens is 358 g/mol. The molecule has 1 heterocycles. The van der Waals surface area contributed by atoms with Crippen molar-refractivity contribution in [2.45, 2.75) is 0 Å². The zero-order valence-corrected chi connectivity index (χ0v) is 14.0. The summed E-state index contributed by atoms with van der Waals surface area (Å²) in [6.45, 7) is 0. The van der Waals surface area contributed by atoms with Crippen LogP contribution in [0.1, 0.15) is 16.1 Å². The standard InChI is InChI=1S/C18H12ClN3O4/c19-16-7-2-1-6-15(16)17-9-8-14(26-17)11-20-21-18(23)12-4-3-5-13(10-12)22(24)25/h1-11H,(H,21,23)/b20-11-. The van der Waals surface area contributed by atoms with Crippen LogP contribution < -0.4 is 5.43 Å². The fourth-order valence-electron chi connectivity index (χ4n) is 2.21. The fourth-order valence-corrected chi connectivity index (χ4v) is 2.44. The van der Waals surface area contributed by atoms with Crippen LogP contribution >= 0.6 is 11.6 Å². The molecule has 0 radical (unpaired) electrons. The maximum atomic E-state index is 12.0. The van der Waals surface area contributed by atoms with Gasteiger partial charge in [0.05, 0.1) is 16.2 Å². The number of nitrogens with zero attached hydrogens (tertiary/aromatic N) is 2. The highest BCUT2D eigenvalue weighted by Gasteiger charge is 2.11. The minimum atomic E-state index is -0.570. The van der Waals surface area contributed by atoms with Crippen molar-refractivity contribution >= 4 is 29.4 Å². The monoisotopic (exact) mass is 369 g/mol. The van der Waals surface area contributed by atoms with E-state index in [2.05, 4.69) is 10.5 Å². The van der Waals surface area contributed by atoms with Gasteiger partial charge in [0.15, 0.2) is 0 Å². The number of nitrogens with one attached hydrogen (secondary N) is 1. The first kappa shape index (κ1) is 17.4. The molecule has 1 amide bonds. The lowest BCUT2D eigenvalue weighted by Gasteiger charge is -2.00. The normalized spacial score (nSPS) is 10.8. The zero-order valence-electron chi connectivity index (χ0n) is 13.3. The molecular formula is C18H12ClN3O4. The first-order valence-electron chi connectivity index (χ1n) is 7.47. The van der Waals surface area contributed by atoms with Gasteiger partial charge in [-0.2, -0.15) is 5.10 Å². The lowest BCUT2D eigenvalue weighted by molar-refractivity contribution is -0.384. The molecule has 0 atom stereocenters. The molecule has 0 bridgehead atoms. The van der Waals surface area contributed by atoms with Gasteiger partial charge >= 0.3 is 0 Å². The number of non-ortho nitro benzene ring substituents is 1. The maximum absolute atomic E-state index is 12.0. The number of benzene rings is 2. The first-order valence-corrected chi connectivity index (χ1v) is 7.85. The minimum Gasteiger partial charge on any atom is -0.455 e. The predicted octanol–water partition coefficient (Wildman–Crippen LogP) is 4.27. The summed E-state index contributed by atoms with van der Waals surface area (Å²) in [6.07, 6.45) is 1.33. The van der Waals surface area contributed by atoms with Crippen molar-refractivity contribution in [3.05, 3.63) is 87.1 Å². The summed E-state index contributed by atoms with van der Waals surface area (Å²) in [5, 5.41) is 15.1. The van der Waals surface area contributed by atoms with Gasteiger partial charge in [0.2, 0.25) is 0 Å². The molecule has 2 aromatic carbocycles. The molecule has 0 saturated carbocycles. The van der Waals surface area contributed by atoms with Crippen LogP contribution in [0.4, 0.5) is 5.69 Å². The molecule has 26 heavy (non-hydrogen) atoms. The topological polar surface area (TPSA) is 97.7 Å². The molecule has 1 N–H and O–H groups in total. The Labute approximate surface area is 153 Å². The molecule has 7 nitrogen and oxygen atoms in total. The largest absolute Gasteiger partial charge is 0.455 e. The Hall–Kier alpha value is -3.45. The van der Waals surface area contributed by atoms with Crippen molar-refractivity contribution in [3.8, 4) is 11.3 Å². The van der Waals surface area contributed by atoms with Gasteiger partial charge in [0.25, 0.3) is 11.6 Å². The Kier molecular flexibility index (Phi) is 5.09. The van der Waals surface area contributed by atoms with E-state index in [1.807, 2.05) is 18.2 Å². The van der Waals surface area contributed by atoms with Crippen LogP contribution in [-0.2, 0) is 0 Å². The van der Waals surface area contributed by atoms with Gasteiger partial charge in [-0.1, -0.05) is 29.8 Å². The molecule has 0 aliphatic carbocycles. The maximum Gasteiger partial charge on any atom is 0.271 e. The Morgan fingerprint density at radius 3 is 2.73 bits per heavy atom. The summed E-state index contributed by atoms with van der Waals surface area (Å²) in [6, 6.07) is 16.0. The Morgan fingerprint density at radius 2 is 1.96 bits per heavy atom. The summed E-state index contributed by atoms with van der Waals surface area (Å²) in [5.74, 6) is 0.421. The van der Waals surface area contributed by atoms with Gasteiger partial charge < -0.3 is 4.42 Å². The number of amides is 1. The summed E-state index contributed by atoms with van der Waals surface area (Å²) in [4.78, 5) is 22.2. The smallest absolute Gasteiger partial charge is 0.271 e. The van der Waals surface area contributed by atoms with Crippen LogP contribution in [0.5, 0.6) is 0 Å². The molecule has 1 aromatic heterocycles. The van der Waals surface area contributed by atoms with E-state index in [0.717, 1.165) is 5.56 Å². The van der Waals surface area contributed by atoms with E-state index in [4.69, 9.17) is 16.0 Å². The van der Waals surface area contributed by atoms with Gasteiger partial charge in [-0.05, 0) is 30.3 Å². The summed E-state index contributed by atoms with van der Waals surface area (Å²) >= 11 is 6.12. The highest BCUT2D eigenvalue weighted by molar-refractivity contribution is 6.33. The average Bonchev–Trinajstić information content (AvgIpc) is 3.10. The van der Waals surface area contributed by atoms with Crippen molar-refractivity contribution in [3.63, 3.8) is 0 Å². The van der Waals surface area contributed by atoms with Crippen LogP contribution in [0.2, 0.25) is 5.02 Å². The zero-order chi connectivity index (χ0) is 18.5. The highest BCUT2D eigenvalue weighted by Crippen LogP contribution is 2.28. The first-order chi connectivity index (χ1) is 12.5. The predicted molar refractivity (Wildman–Crippen MR) is 97.3 cm³/mol. The van der Waals surface area contributed by atoms with Crippen molar-refractivity contribution in [2.24, 2.45) is 5.10 Å². The van der Waals surface area contributed by atoms with E-state index in [1.54, 1.807) is 18.2 Å². The lowest BCUT2D eigenvalue weighted by atomic mass is 10.2. The number of furan rings is 1. The Bertz CT molecular complexity index is 997. The molecule has 0 fully saturated rings. The third kappa shape index (κ3) is 3.96. The molecule has 0 aliphatic rings. The van der Waals surface area contributed by atoms with Crippen molar-refractivity contribution in [2.75, 3.05) is 0 Å². The number of rotatable bonds is 5. The fraction of sp³-hybridized carbons (Fsp3) is 0. The van der Waals surface area contributed by atoms with E-state index in [1.165, 1.54) is 30.5 Å². The average molecular weight is 370 g/mol. The van der Waals surface area contributed by atoms with Crippen LogP contribution in [-0.4, -0.2) is 17.0 Å². The number of hydrogen-bond donors (Lipinski definition) is 1. The van der Waals surface area contributed by atoms with Crippen LogP contribution in [0, 0.1) is 10.1 Å². The van der Waals surface area contributed by atoms with Gasteiger partial charge in [-0.3, -0.25) is 14.9 Å². The van der Waals surface area contributed by atoms with E-state index in [-0.39, 0.29) is 11.3 Å². The molecule has 130 valence electrons. The van der Waals surface area contributed by atoms with Crippen molar-refractivity contribution in [1.29, 1.82) is 0 Å². The second kappa shape index (κ2) is 7.62. The third-order valence-corrected chi connectivity index (χ3v) is 3.77. The molecule has 0 saturated heterocycles. The number of hydrogen-bond acceptors (Lipinski definition) is 5.